The molecule has 0 saturated heterocycles. The zero-order valence-corrected chi connectivity index (χ0v) is 15.0. The van der Waals surface area contributed by atoms with Gasteiger partial charge in [-0.1, -0.05) is 13.8 Å². The van der Waals surface area contributed by atoms with Crippen LogP contribution in [-0.4, -0.2) is 34.7 Å². The first-order valence-electron chi connectivity index (χ1n) is 6.94. The van der Waals surface area contributed by atoms with E-state index in [1.165, 1.54) is 6.07 Å². The van der Waals surface area contributed by atoms with Gasteiger partial charge in [0.2, 0.25) is 10.0 Å². The Morgan fingerprint density at radius 3 is 2.71 bits per heavy atom. The van der Waals surface area contributed by atoms with Crippen LogP contribution in [0.2, 0.25) is 0 Å². The fourth-order valence-electron chi connectivity index (χ4n) is 1.78. The molecule has 6 nitrogen and oxygen atoms in total. The van der Waals surface area contributed by atoms with Crippen molar-refractivity contribution >= 4 is 26.0 Å². The Morgan fingerprint density at radius 2 is 2.14 bits per heavy atom. The summed E-state index contributed by atoms with van der Waals surface area (Å²) in [6.45, 7) is 5.64. The van der Waals surface area contributed by atoms with E-state index in [0.717, 1.165) is 13.0 Å². The van der Waals surface area contributed by atoms with Crippen LogP contribution in [0.4, 0.5) is 0 Å². The molecule has 1 rings (SSSR count). The number of methoxy groups -OCH3 is 1. The third kappa shape index (κ3) is 5.71. The van der Waals surface area contributed by atoms with Crippen LogP contribution in [0.15, 0.2) is 20.0 Å². The molecule has 0 fully saturated rings. The van der Waals surface area contributed by atoms with E-state index in [4.69, 9.17) is 9.15 Å². The van der Waals surface area contributed by atoms with Gasteiger partial charge in [-0.2, -0.15) is 0 Å². The van der Waals surface area contributed by atoms with Crippen LogP contribution in [0.25, 0.3) is 0 Å². The molecule has 0 bridgehead atoms. The minimum absolute atomic E-state index is 0.116. The van der Waals surface area contributed by atoms with Gasteiger partial charge in [0.25, 0.3) is 0 Å². The topological polar surface area (TPSA) is 80.6 Å². The number of halogens is 1. The summed E-state index contributed by atoms with van der Waals surface area (Å²) in [5, 5.41) is 3.17. The Hall–Kier alpha value is -0.410. The van der Waals surface area contributed by atoms with E-state index in [2.05, 4.69) is 32.9 Å². The summed E-state index contributed by atoms with van der Waals surface area (Å²) in [5.74, 6) is 0.579. The monoisotopic (exact) mass is 382 g/mol. The summed E-state index contributed by atoms with van der Waals surface area (Å²) in [4.78, 5) is 0.116. The van der Waals surface area contributed by atoms with Gasteiger partial charge in [-0.3, -0.25) is 0 Å². The number of furan rings is 1. The maximum Gasteiger partial charge on any atom is 0.245 e. The number of hydrogen-bond donors (Lipinski definition) is 2. The summed E-state index contributed by atoms with van der Waals surface area (Å²) in [5.41, 5.74) is 0. The smallest absolute Gasteiger partial charge is 0.245 e. The predicted molar refractivity (Wildman–Crippen MR) is 84.7 cm³/mol. The number of nitrogens with one attached hydrogen (secondary N) is 2. The molecule has 0 spiro atoms. The van der Waals surface area contributed by atoms with Crippen LogP contribution in [0.1, 0.15) is 32.4 Å². The summed E-state index contributed by atoms with van der Waals surface area (Å²) in [6, 6.07) is 1.28. The lowest BCUT2D eigenvalue weighted by Crippen LogP contribution is -2.37. The van der Waals surface area contributed by atoms with Gasteiger partial charge in [-0.05, 0) is 35.3 Å². The second kappa shape index (κ2) is 8.89. The molecule has 0 aliphatic carbocycles. The Balaban J connectivity index is 2.82. The molecule has 1 unspecified atom stereocenters. The fourth-order valence-corrected chi connectivity index (χ4v) is 4.08. The van der Waals surface area contributed by atoms with Crippen molar-refractivity contribution in [3.63, 3.8) is 0 Å². The predicted octanol–water partition coefficient (Wildman–Crippen LogP) is 2.25. The lowest BCUT2D eigenvalue weighted by molar-refractivity contribution is 0.173. The fraction of sp³-hybridized carbons (Fsp3) is 0.692. The minimum atomic E-state index is -3.63. The zero-order valence-electron chi connectivity index (χ0n) is 12.6. The van der Waals surface area contributed by atoms with Gasteiger partial charge < -0.3 is 14.5 Å². The third-order valence-electron chi connectivity index (χ3n) is 2.90. The SMILES string of the molecule is CCCNCc1cc(S(=O)(=O)NC(CC)COC)c(Br)o1. The van der Waals surface area contributed by atoms with Crippen LogP contribution < -0.4 is 10.0 Å². The van der Waals surface area contributed by atoms with Crippen molar-refractivity contribution in [2.45, 2.75) is 44.2 Å². The molecule has 0 saturated carbocycles. The Labute approximate surface area is 134 Å². The second-order valence-corrected chi connectivity index (χ2v) is 7.11. The van der Waals surface area contributed by atoms with Crippen molar-refractivity contribution in [1.82, 2.24) is 10.0 Å². The Kier molecular flexibility index (Phi) is 7.89. The largest absolute Gasteiger partial charge is 0.452 e. The van der Waals surface area contributed by atoms with Crippen molar-refractivity contribution in [2.24, 2.45) is 0 Å². The molecule has 0 aliphatic rings. The van der Waals surface area contributed by atoms with Crippen LogP contribution in [0, 0.1) is 0 Å². The highest BCUT2D eigenvalue weighted by molar-refractivity contribution is 9.10. The summed E-state index contributed by atoms with van der Waals surface area (Å²) in [6.07, 6.45) is 1.65. The van der Waals surface area contributed by atoms with Crippen molar-refractivity contribution in [3.05, 3.63) is 16.5 Å². The number of ether oxygens (including phenoxy) is 1. The first-order chi connectivity index (χ1) is 9.94. The van der Waals surface area contributed by atoms with Gasteiger partial charge in [0, 0.05) is 19.2 Å². The molecule has 0 radical (unpaired) electrons. The molecular formula is C13H23BrN2O4S. The summed E-state index contributed by atoms with van der Waals surface area (Å²) < 4.78 is 38.0. The summed E-state index contributed by atoms with van der Waals surface area (Å²) in [7, 11) is -2.09. The molecule has 122 valence electrons. The van der Waals surface area contributed by atoms with E-state index in [9.17, 15) is 8.42 Å². The van der Waals surface area contributed by atoms with Crippen molar-refractivity contribution in [1.29, 1.82) is 0 Å². The minimum Gasteiger partial charge on any atom is -0.452 e. The van der Waals surface area contributed by atoms with Gasteiger partial charge in [0.15, 0.2) is 4.67 Å². The highest BCUT2D eigenvalue weighted by Gasteiger charge is 2.25. The molecule has 1 heterocycles. The molecule has 1 atom stereocenters. The lowest BCUT2D eigenvalue weighted by atomic mass is 10.3. The molecular weight excluding hydrogens is 360 g/mol. The average Bonchev–Trinajstić information content (AvgIpc) is 2.80. The van der Waals surface area contributed by atoms with Crippen LogP contribution >= 0.6 is 15.9 Å². The van der Waals surface area contributed by atoms with Gasteiger partial charge in [0.05, 0.1) is 13.2 Å². The zero-order chi connectivity index (χ0) is 15.9. The van der Waals surface area contributed by atoms with Crippen molar-refractivity contribution in [3.8, 4) is 0 Å². The van der Waals surface area contributed by atoms with E-state index in [0.29, 0.717) is 25.3 Å². The lowest BCUT2D eigenvalue weighted by Gasteiger charge is -2.15. The maximum atomic E-state index is 12.4. The van der Waals surface area contributed by atoms with Crippen LogP contribution in [0.5, 0.6) is 0 Å². The molecule has 0 amide bonds. The van der Waals surface area contributed by atoms with Crippen molar-refractivity contribution in [2.75, 3.05) is 20.3 Å². The maximum absolute atomic E-state index is 12.4. The Morgan fingerprint density at radius 1 is 1.43 bits per heavy atom. The molecule has 21 heavy (non-hydrogen) atoms. The van der Waals surface area contributed by atoms with Crippen molar-refractivity contribution < 1.29 is 17.6 Å². The highest BCUT2D eigenvalue weighted by atomic mass is 79.9. The molecule has 0 aliphatic heterocycles. The number of hydrogen-bond acceptors (Lipinski definition) is 5. The number of rotatable bonds is 10. The quantitative estimate of drug-likeness (QED) is 0.606. The summed E-state index contributed by atoms with van der Waals surface area (Å²) >= 11 is 3.17. The van der Waals surface area contributed by atoms with E-state index in [1.807, 2.05) is 6.92 Å². The number of sulfonamides is 1. The molecule has 0 aromatic carbocycles. The van der Waals surface area contributed by atoms with Gasteiger partial charge in [-0.15, -0.1) is 0 Å². The first-order valence-corrected chi connectivity index (χ1v) is 9.22. The third-order valence-corrected chi connectivity index (χ3v) is 5.28. The molecule has 2 N–H and O–H groups in total. The van der Waals surface area contributed by atoms with E-state index in [-0.39, 0.29) is 15.6 Å². The van der Waals surface area contributed by atoms with Crippen LogP contribution in [-0.2, 0) is 21.3 Å². The van der Waals surface area contributed by atoms with Gasteiger partial charge in [0.1, 0.15) is 10.7 Å². The Bertz CT molecular complexity index is 530. The van der Waals surface area contributed by atoms with Gasteiger partial charge in [-0.25, -0.2) is 13.1 Å². The average molecular weight is 383 g/mol. The second-order valence-electron chi connectivity index (χ2n) is 4.71. The normalized spacial score (nSPS) is 13.5. The highest BCUT2D eigenvalue weighted by Crippen LogP contribution is 2.26. The van der Waals surface area contributed by atoms with E-state index < -0.39 is 10.0 Å². The molecule has 8 heteroatoms. The van der Waals surface area contributed by atoms with E-state index >= 15 is 0 Å². The first kappa shape index (κ1) is 18.6. The molecule has 1 aromatic rings. The standard InChI is InChI=1S/C13H23BrN2O4S/c1-4-6-15-8-11-7-12(13(14)20-11)21(17,18)16-10(5-2)9-19-3/h7,10,15-16H,4-6,8-9H2,1-3H3. The van der Waals surface area contributed by atoms with Crippen LogP contribution in [0.3, 0.4) is 0 Å². The molecule has 1 aromatic heterocycles. The van der Waals surface area contributed by atoms with E-state index in [1.54, 1.807) is 7.11 Å². The van der Waals surface area contributed by atoms with Gasteiger partial charge >= 0.3 is 0 Å².